The quantitative estimate of drug-likeness (QED) is 0.576. The van der Waals surface area contributed by atoms with Crippen LogP contribution in [0.2, 0.25) is 0 Å². The van der Waals surface area contributed by atoms with Crippen molar-refractivity contribution in [1.29, 1.82) is 0 Å². The van der Waals surface area contributed by atoms with E-state index in [0.717, 1.165) is 0 Å². The Hall–Kier alpha value is -0.490. The third-order valence-corrected chi connectivity index (χ3v) is 2.76. The fraction of sp³-hybridized carbons (Fsp3) is 0.455. The molecule has 0 radical (unpaired) electrons. The summed E-state index contributed by atoms with van der Waals surface area (Å²) in [6.45, 7) is 6.45. The first-order valence-electron chi connectivity index (χ1n) is 4.21. The van der Waals surface area contributed by atoms with Crippen molar-refractivity contribution in [3.8, 4) is 0 Å². The van der Waals surface area contributed by atoms with E-state index in [-0.39, 0.29) is 10.8 Å². The summed E-state index contributed by atoms with van der Waals surface area (Å²) in [6, 6.07) is 10.2. The van der Waals surface area contributed by atoms with Crippen LogP contribution in [0.15, 0.2) is 30.3 Å². The van der Waals surface area contributed by atoms with E-state index < -0.39 is 0 Å². The van der Waals surface area contributed by atoms with Crippen LogP contribution < -0.4 is 0 Å². The van der Waals surface area contributed by atoms with Crippen molar-refractivity contribution >= 4 is 11.6 Å². The highest BCUT2D eigenvalue weighted by Crippen LogP contribution is 2.37. The van der Waals surface area contributed by atoms with E-state index in [1.54, 1.807) is 0 Å². The molecule has 66 valence electrons. The van der Waals surface area contributed by atoms with Crippen LogP contribution in [0, 0.1) is 5.41 Å². The maximum atomic E-state index is 6.28. The zero-order valence-corrected chi connectivity index (χ0v) is 8.60. The second kappa shape index (κ2) is 3.49. The van der Waals surface area contributed by atoms with Crippen molar-refractivity contribution in [2.75, 3.05) is 0 Å². The molecule has 1 heteroatoms. The van der Waals surface area contributed by atoms with Gasteiger partial charge in [0.15, 0.2) is 0 Å². The normalized spacial score (nSPS) is 14.3. The molecule has 0 aromatic heterocycles. The van der Waals surface area contributed by atoms with Gasteiger partial charge in [0.25, 0.3) is 0 Å². The first kappa shape index (κ1) is 9.60. The van der Waals surface area contributed by atoms with Crippen molar-refractivity contribution in [3.05, 3.63) is 35.9 Å². The lowest BCUT2D eigenvalue weighted by molar-refractivity contribution is 0.396. The van der Waals surface area contributed by atoms with Crippen LogP contribution in [0.1, 0.15) is 31.7 Å². The summed E-state index contributed by atoms with van der Waals surface area (Å²) < 4.78 is 0. The Kier molecular flexibility index (Phi) is 2.79. The molecule has 0 heterocycles. The molecule has 0 saturated heterocycles. The lowest BCUT2D eigenvalue weighted by Gasteiger charge is -2.25. The minimum absolute atomic E-state index is 0.0960. The van der Waals surface area contributed by atoms with Crippen molar-refractivity contribution < 1.29 is 0 Å². The molecule has 0 unspecified atom stereocenters. The average Bonchev–Trinajstić information content (AvgIpc) is 2.03. The van der Waals surface area contributed by atoms with Gasteiger partial charge >= 0.3 is 0 Å². The van der Waals surface area contributed by atoms with Gasteiger partial charge in [0, 0.05) is 0 Å². The number of hydrogen-bond acceptors (Lipinski definition) is 0. The molecular weight excluding hydrogens is 168 g/mol. The molecule has 0 aliphatic rings. The molecule has 0 fully saturated rings. The molecule has 1 aromatic carbocycles. The van der Waals surface area contributed by atoms with E-state index in [2.05, 4.69) is 32.9 Å². The zero-order valence-electron chi connectivity index (χ0n) is 7.84. The highest BCUT2D eigenvalue weighted by Gasteiger charge is 2.23. The first-order chi connectivity index (χ1) is 5.52. The Bertz CT molecular complexity index is 233. The molecule has 0 aliphatic carbocycles. The zero-order chi connectivity index (χ0) is 9.19. The lowest BCUT2D eigenvalue weighted by atomic mass is 9.87. The maximum Gasteiger partial charge on any atom is 0.0633 e. The Morgan fingerprint density at radius 3 is 2.00 bits per heavy atom. The van der Waals surface area contributed by atoms with Gasteiger partial charge in [-0.15, -0.1) is 11.6 Å². The van der Waals surface area contributed by atoms with Gasteiger partial charge in [0.2, 0.25) is 0 Å². The Labute approximate surface area is 79.6 Å². The van der Waals surface area contributed by atoms with Gasteiger partial charge in [-0.2, -0.15) is 0 Å². The summed E-state index contributed by atoms with van der Waals surface area (Å²) in [5.74, 6) is 0. The van der Waals surface area contributed by atoms with Gasteiger partial charge < -0.3 is 0 Å². The van der Waals surface area contributed by atoms with Crippen LogP contribution >= 0.6 is 11.6 Å². The molecule has 1 atom stereocenters. The second-order valence-electron chi connectivity index (χ2n) is 4.14. The predicted octanol–water partition coefficient (Wildman–Crippen LogP) is 4.01. The van der Waals surface area contributed by atoms with Crippen LogP contribution in [-0.4, -0.2) is 0 Å². The average molecular weight is 183 g/mol. The predicted molar refractivity (Wildman–Crippen MR) is 54.5 cm³/mol. The van der Waals surface area contributed by atoms with Crippen LogP contribution in [0.3, 0.4) is 0 Å². The summed E-state index contributed by atoms with van der Waals surface area (Å²) in [5, 5.41) is 0.0960. The molecule has 0 saturated carbocycles. The van der Waals surface area contributed by atoms with Crippen molar-refractivity contribution in [2.45, 2.75) is 26.1 Å². The number of rotatable bonds is 1. The lowest BCUT2D eigenvalue weighted by Crippen LogP contribution is -2.12. The number of hydrogen-bond donors (Lipinski definition) is 0. The van der Waals surface area contributed by atoms with Gasteiger partial charge in [-0.1, -0.05) is 51.1 Å². The van der Waals surface area contributed by atoms with Gasteiger partial charge in [-0.25, -0.2) is 0 Å². The van der Waals surface area contributed by atoms with Gasteiger partial charge in [-0.3, -0.25) is 0 Å². The largest absolute Gasteiger partial charge is 0.117 e. The van der Waals surface area contributed by atoms with E-state index in [9.17, 15) is 0 Å². The van der Waals surface area contributed by atoms with E-state index in [4.69, 9.17) is 11.6 Å². The molecule has 1 rings (SSSR count). The highest BCUT2D eigenvalue weighted by molar-refractivity contribution is 6.21. The minimum Gasteiger partial charge on any atom is -0.117 e. The first-order valence-corrected chi connectivity index (χ1v) is 4.64. The molecular formula is C11H15Cl. The fourth-order valence-corrected chi connectivity index (χ4v) is 1.27. The molecule has 0 spiro atoms. The second-order valence-corrected chi connectivity index (χ2v) is 4.58. The van der Waals surface area contributed by atoms with Gasteiger partial charge in [0.1, 0.15) is 0 Å². The molecule has 12 heavy (non-hydrogen) atoms. The molecule has 0 amide bonds. The summed E-state index contributed by atoms with van der Waals surface area (Å²) in [4.78, 5) is 0. The molecule has 0 aliphatic heterocycles. The van der Waals surface area contributed by atoms with Crippen molar-refractivity contribution in [1.82, 2.24) is 0 Å². The summed E-state index contributed by atoms with van der Waals surface area (Å²) >= 11 is 6.28. The monoisotopic (exact) mass is 182 g/mol. The third kappa shape index (κ3) is 2.25. The number of halogens is 1. The number of benzene rings is 1. The topological polar surface area (TPSA) is 0 Å². The Morgan fingerprint density at radius 1 is 1.08 bits per heavy atom. The van der Waals surface area contributed by atoms with Crippen LogP contribution in [-0.2, 0) is 0 Å². The van der Waals surface area contributed by atoms with Crippen LogP contribution in [0.25, 0.3) is 0 Å². The fourth-order valence-electron chi connectivity index (χ4n) is 1.12. The Balaban J connectivity index is 2.86. The van der Waals surface area contributed by atoms with E-state index in [1.807, 2.05) is 18.2 Å². The summed E-state index contributed by atoms with van der Waals surface area (Å²) in [7, 11) is 0. The van der Waals surface area contributed by atoms with Crippen LogP contribution in [0.5, 0.6) is 0 Å². The van der Waals surface area contributed by atoms with E-state index in [1.165, 1.54) is 5.56 Å². The molecule has 1 aromatic rings. The summed E-state index contributed by atoms with van der Waals surface area (Å²) in [6.07, 6.45) is 0. The van der Waals surface area contributed by atoms with Crippen molar-refractivity contribution in [2.24, 2.45) is 5.41 Å². The Morgan fingerprint density at radius 2 is 1.58 bits per heavy atom. The molecule has 0 nitrogen and oxygen atoms in total. The SMILES string of the molecule is CC(C)(C)[C@@H](Cl)c1ccccc1. The molecule has 0 bridgehead atoms. The van der Waals surface area contributed by atoms with E-state index in [0.29, 0.717) is 0 Å². The number of alkyl halides is 1. The smallest absolute Gasteiger partial charge is 0.0633 e. The minimum atomic E-state index is 0.0960. The van der Waals surface area contributed by atoms with E-state index >= 15 is 0 Å². The standard InChI is InChI=1S/C11H15Cl/c1-11(2,3)10(12)9-7-5-4-6-8-9/h4-8,10H,1-3H3/t10-/m0/s1. The van der Waals surface area contributed by atoms with Gasteiger partial charge in [0.05, 0.1) is 5.38 Å². The summed E-state index contributed by atoms with van der Waals surface area (Å²) in [5.41, 5.74) is 1.33. The molecule has 0 N–H and O–H groups in total. The van der Waals surface area contributed by atoms with Gasteiger partial charge in [-0.05, 0) is 11.0 Å². The van der Waals surface area contributed by atoms with Crippen LogP contribution in [0.4, 0.5) is 0 Å². The third-order valence-electron chi connectivity index (χ3n) is 1.85. The maximum absolute atomic E-state index is 6.28. The van der Waals surface area contributed by atoms with Crippen molar-refractivity contribution in [3.63, 3.8) is 0 Å². The highest BCUT2D eigenvalue weighted by atomic mass is 35.5.